The van der Waals surface area contributed by atoms with Gasteiger partial charge in [-0.25, -0.2) is 4.98 Å². The molecule has 0 bridgehead atoms. The molecule has 0 atom stereocenters. The molecule has 126 valence electrons. The van der Waals surface area contributed by atoms with E-state index in [1.54, 1.807) is 23.1 Å². The summed E-state index contributed by atoms with van der Waals surface area (Å²) in [6, 6.07) is 7.71. The first kappa shape index (κ1) is 17.5. The average molecular weight is 379 g/mol. The second kappa shape index (κ2) is 8.14. The smallest absolute Gasteiger partial charge is 0.191 e. The van der Waals surface area contributed by atoms with Crippen LogP contribution in [0.25, 0.3) is 11.4 Å². The summed E-state index contributed by atoms with van der Waals surface area (Å²) in [6.07, 6.45) is 2.19. The summed E-state index contributed by atoms with van der Waals surface area (Å²) in [4.78, 5) is 4.67. The minimum absolute atomic E-state index is 0.724. The second-order valence-corrected chi connectivity index (χ2v) is 7.65. The largest absolute Gasteiger partial charge is 0.302 e. The number of benzene rings is 1. The fourth-order valence-electron chi connectivity index (χ4n) is 2.38. The quantitative estimate of drug-likeness (QED) is 0.522. The number of rotatable bonds is 7. The summed E-state index contributed by atoms with van der Waals surface area (Å²) in [7, 11) is 0. The van der Waals surface area contributed by atoms with Crippen molar-refractivity contribution in [1.82, 2.24) is 19.7 Å². The van der Waals surface area contributed by atoms with E-state index in [2.05, 4.69) is 39.0 Å². The zero-order chi connectivity index (χ0) is 16.9. The fourth-order valence-corrected chi connectivity index (χ4v) is 4.40. The predicted octanol–water partition coefficient (Wildman–Crippen LogP) is 5.32. The Hall–Kier alpha value is -1.37. The molecule has 0 aliphatic heterocycles. The third kappa shape index (κ3) is 3.99. The lowest BCUT2D eigenvalue weighted by atomic mass is 10.2. The van der Waals surface area contributed by atoms with Crippen LogP contribution in [0.2, 0.25) is 5.02 Å². The molecule has 2 aromatic heterocycles. The van der Waals surface area contributed by atoms with E-state index in [0.29, 0.717) is 0 Å². The molecule has 0 saturated heterocycles. The molecule has 0 aliphatic carbocycles. The van der Waals surface area contributed by atoms with Gasteiger partial charge in [-0.15, -0.1) is 21.5 Å². The van der Waals surface area contributed by atoms with Crippen LogP contribution in [0.5, 0.6) is 0 Å². The van der Waals surface area contributed by atoms with Gasteiger partial charge in [0.05, 0.1) is 10.7 Å². The number of hydrogen-bond acceptors (Lipinski definition) is 5. The lowest BCUT2D eigenvalue weighted by Gasteiger charge is -2.07. The summed E-state index contributed by atoms with van der Waals surface area (Å²) in [5.41, 5.74) is 2.15. The van der Waals surface area contributed by atoms with Gasteiger partial charge in [0.25, 0.3) is 0 Å². The van der Waals surface area contributed by atoms with Crippen molar-refractivity contribution in [3.63, 3.8) is 0 Å². The Morgan fingerprint density at radius 3 is 2.67 bits per heavy atom. The van der Waals surface area contributed by atoms with Crippen molar-refractivity contribution in [2.45, 2.75) is 44.1 Å². The van der Waals surface area contributed by atoms with E-state index in [-0.39, 0.29) is 0 Å². The van der Waals surface area contributed by atoms with Gasteiger partial charge in [0, 0.05) is 28.3 Å². The molecule has 0 spiro atoms. The highest BCUT2D eigenvalue weighted by Gasteiger charge is 2.14. The minimum atomic E-state index is 0.724. The van der Waals surface area contributed by atoms with Crippen molar-refractivity contribution < 1.29 is 0 Å². The van der Waals surface area contributed by atoms with Gasteiger partial charge >= 0.3 is 0 Å². The molecule has 0 unspecified atom stereocenters. The topological polar surface area (TPSA) is 43.6 Å². The zero-order valence-electron chi connectivity index (χ0n) is 13.7. The van der Waals surface area contributed by atoms with E-state index in [1.807, 2.05) is 24.3 Å². The van der Waals surface area contributed by atoms with Crippen LogP contribution in [0.15, 0.2) is 34.8 Å². The Morgan fingerprint density at radius 2 is 1.96 bits per heavy atom. The summed E-state index contributed by atoms with van der Waals surface area (Å²) in [5, 5.41) is 13.7. The van der Waals surface area contributed by atoms with E-state index >= 15 is 0 Å². The first-order valence-electron chi connectivity index (χ1n) is 7.96. The van der Waals surface area contributed by atoms with Crippen LogP contribution in [-0.2, 0) is 18.7 Å². The minimum Gasteiger partial charge on any atom is -0.302 e. The van der Waals surface area contributed by atoms with Crippen LogP contribution < -0.4 is 0 Å². The van der Waals surface area contributed by atoms with Crippen LogP contribution in [0.3, 0.4) is 0 Å². The van der Waals surface area contributed by atoms with Crippen molar-refractivity contribution >= 4 is 34.7 Å². The van der Waals surface area contributed by atoms with Crippen LogP contribution in [0.4, 0.5) is 0 Å². The van der Waals surface area contributed by atoms with Crippen molar-refractivity contribution in [2.24, 2.45) is 0 Å². The molecule has 7 heteroatoms. The third-order valence-electron chi connectivity index (χ3n) is 3.55. The van der Waals surface area contributed by atoms with Gasteiger partial charge in [0.1, 0.15) is 0 Å². The monoisotopic (exact) mass is 378 g/mol. The SMILES string of the molecule is CCCc1nc(CSc2nnc(-c3ccc(Cl)cc3)n2CC)cs1. The van der Waals surface area contributed by atoms with Crippen LogP contribution in [0.1, 0.15) is 31.0 Å². The molecule has 0 N–H and O–H groups in total. The molecule has 4 nitrogen and oxygen atoms in total. The highest BCUT2D eigenvalue weighted by atomic mass is 35.5. The van der Waals surface area contributed by atoms with Crippen LogP contribution in [0, 0.1) is 0 Å². The van der Waals surface area contributed by atoms with Crippen molar-refractivity contribution in [2.75, 3.05) is 0 Å². The Balaban J connectivity index is 1.75. The standard InChI is InChI=1S/C17H19ClN4S2/c1-3-5-15-19-14(10-23-15)11-24-17-21-20-16(22(17)4-2)12-6-8-13(18)9-7-12/h6-10H,3-5,11H2,1-2H3. The molecule has 0 saturated carbocycles. The van der Waals surface area contributed by atoms with Crippen molar-refractivity contribution in [1.29, 1.82) is 0 Å². The lowest BCUT2D eigenvalue weighted by Crippen LogP contribution is -2.00. The summed E-state index contributed by atoms with van der Waals surface area (Å²) < 4.78 is 2.13. The van der Waals surface area contributed by atoms with Crippen molar-refractivity contribution in [3.05, 3.63) is 45.4 Å². The predicted molar refractivity (Wildman–Crippen MR) is 102 cm³/mol. The first-order valence-corrected chi connectivity index (χ1v) is 10.2. The number of thiazole rings is 1. The lowest BCUT2D eigenvalue weighted by molar-refractivity contribution is 0.687. The van der Waals surface area contributed by atoms with Crippen molar-refractivity contribution in [3.8, 4) is 11.4 Å². The van der Waals surface area contributed by atoms with E-state index in [0.717, 1.165) is 52.4 Å². The summed E-state index contributed by atoms with van der Waals surface area (Å²) in [5.74, 6) is 1.69. The van der Waals surface area contributed by atoms with Gasteiger partial charge in [-0.2, -0.15) is 0 Å². The third-order valence-corrected chi connectivity index (χ3v) is 5.76. The zero-order valence-corrected chi connectivity index (χ0v) is 16.1. The highest BCUT2D eigenvalue weighted by molar-refractivity contribution is 7.98. The van der Waals surface area contributed by atoms with Crippen LogP contribution in [-0.4, -0.2) is 19.7 Å². The van der Waals surface area contributed by atoms with Gasteiger partial charge in [-0.1, -0.05) is 30.3 Å². The van der Waals surface area contributed by atoms with E-state index in [9.17, 15) is 0 Å². The Labute approximate surface area is 155 Å². The molecule has 0 fully saturated rings. The van der Waals surface area contributed by atoms with Gasteiger partial charge in [0.15, 0.2) is 11.0 Å². The number of aromatic nitrogens is 4. The fraction of sp³-hybridized carbons (Fsp3) is 0.353. The molecule has 1 aromatic carbocycles. The van der Waals surface area contributed by atoms with E-state index < -0.39 is 0 Å². The molecule has 2 heterocycles. The molecule has 3 rings (SSSR count). The van der Waals surface area contributed by atoms with E-state index in [4.69, 9.17) is 11.6 Å². The summed E-state index contributed by atoms with van der Waals surface area (Å²) in [6.45, 7) is 5.11. The maximum atomic E-state index is 5.97. The highest BCUT2D eigenvalue weighted by Crippen LogP contribution is 2.27. The summed E-state index contributed by atoms with van der Waals surface area (Å²) >= 11 is 9.39. The Kier molecular flexibility index (Phi) is 5.92. The first-order chi connectivity index (χ1) is 11.7. The van der Waals surface area contributed by atoms with Gasteiger partial charge in [0.2, 0.25) is 0 Å². The normalized spacial score (nSPS) is 11.1. The number of nitrogens with zero attached hydrogens (tertiary/aromatic N) is 4. The molecular weight excluding hydrogens is 360 g/mol. The van der Waals surface area contributed by atoms with Crippen LogP contribution >= 0.6 is 34.7 Å². The molecule has 0 radical (unpaired) electrons. The Morgan fingerprint density at radius 1 is 1.17 bits per heavy atom. The van der Waals surface area contributed by atoms with Gasteiger partial charge in [-0.3, -0.25) is 0 Å². The maximum absolute atomic E-state index is 5.97. The molecule has 3 aromatic rings. The maximum Gasteiger partial charge on any atom is 0.191 e. The number of thioether (sulfide) groups is 1. The van der Waals surface area contributed by atoms with Gasteiger partial charge in [-0.05, 0) is 44.0 Å². The second-order valence-electron chi connectivity index (χ2n) is 5.33. The molecule has 0 aliphatic rings. The molecular formula is C17H19ClN4S2. The number of hydrogen-bond donors (Lipinski definition) is 0. The molecule has 0 amide bonds. The number of aryl methyl sites for hydroxylation is 1. The molecule has 24 heavy (non-hydrogen) atoms. The van der Waals surface area contributed by atoms with Gasteiger partial charge < -0.3 is 4.57 Å². The van der Waals surface area contributed by atoms with E-state index in [1.165, 1.54) is 5.01 Å². The number of halogens is 1. The average Bonchev–Trinajstić information content (AvgIpc) is 3.20. The Bertz CT molecular complexity index is 795.